The molecule has 0 radical (unpaired) electrons. The largest absolute Gasteiger partial charge is 0.393 e. The van der Waals surface area contributed by atoms with Crippen molar-refractivity contribution in [1.29, 1.82) is 0 Å². The summed E-state index contributed by atoms with van der Waals surface area (Å²) < 4.78 is 1.72. The van der Waals surface area contributed by atoms with Gasteiger partial charge in [-0.15, -0.1) is 0 Å². The van der Waals surface area contributed by atoms with Gasteiger partial charge in [0.05, 0.1) is 18.3 Å². The van der Waals surface area contributed by atoms with Gasteiger partial charge < -0.3 is 15.4 Å². The Morgan fingerprint density at radius 3 is 2.88 bits per heavy atom. The van der Waals surface area contributed by atoms with E-state index in [4.69, 9.17) is 11.6 Å². The molecule has 4 rings (SSSR count). The maximum absolute atomic E-state index is 13.0. The van der Waals surface area contributed by atoms with Crippen LogP contribution in [-0.2, 0) is 7.05 Å². The fraction of sp³-hybridized carbons (Fsp3) is 0.368. The molecule has 1 aromatic carbocycles. The number of aromatic amines is 1. The molecule has 6 nitrogen and oxygen atoms in total. The van der Waals surface area contributed by atoms with Crippen molar-refractivity contribution in [3.05, 3.63) is 52.4 Å². The molecule has 0 spiro atoms. The molecule has 1 atom stereocenters. The van der Waals surface area contributed by atoms with Crippen LogP contribution >= 0.6 is 11.6 Å². The van der Waals surface area contributed by atoms with Gasteiger partial charge in [0.1, 0.15) is 5.69 Å². The summed E-state index contributed by atoms with van der Waals surface area (Å²) >= 11 is 6.08. The topological polar surface area (TPSA) is 82.9 Å². The number of nitrogens with one attached hydrogen (secondary N) is 2. The molecule has 26 heavy (non-hydrogen) atoms. The molecule has 3 N–H and O–H groups in total. The molecule has 7 heteroatoms. The zero-order valence-corrected chi connectivity index (χ0v) is 15.4. The smallest absolute Gasteiger partial charge is 0.268 e. The lowest BCUT2D eigenvalue weighted by Crippen LogP contribution is -2.41. The molecule has 1 aliphatic rings. The molecule has 3 aromatic rings. The van der Waals surface area contributed by atoms with Gasteiger partial charge in [0.25, 0.3) is 5.91 Å². The second-order valence-corrected chi connectivity index (χ2v) is 7.54. The van der Waals surface area contributed by atoms with Gasteiger partial charge in [-0.05, 0) is 49.4 Å². The Morgan fingerprint density at radius 1 is 1.46 bits per heavy atom. The minimum absolute atomic E-state index is 0.162. The summed E-state index contributed by atoms with van der Waals surface area (Å²) in [5.74, 6) is 0.0438. The summed E-state index contributed by atoms with van der Waals surface area (Å²) in [5.41, 5.74) is 3.25. The number of aliphatic hydroxyl groups excluding tert-OH is 1. The van der Waals surface area contributed by atoms with Crippen LogP contribution in [0.3, 0.4) is 0 Å². The molecular formula is C19H21ClN4O2. The van der Waals surface area contributed by atoms with E-state index in [1.165, 1.54) is 0 Å². The summed E-state index contributed by atoms with van der Waals surface area (Å²) in [6.45, 7) is 1.91. The number of hydrogen-bond donors (Lipinski definition) is 3. The second kappa shape index (κ2) is 6.45. The van der Waals surface area contributed by atoms with Crippen LogP contribution in [0.15, 0.2) is 30.6 Å². The van der Waals surface area contributed by atoms with Crippen molar-refractivity contribution >= 4 is 28.4 Å². The van der Waals surface area contributed by atoms with Gasteiger partial charge in [-0.1, -0.05) is 11.6 Å². The zero-order valence-electron chi connectivity index (χ0n) is 14.7. The minimum Gasteiger partial charge on any atom is -0.393 e. The van der Waals surface area contributed by atoms with Crippen molar-refractivity contribution < 1.29 is 9.90 Å². The van der Waals surface area contributed by atoms with E-state index in [2.05, 4.69) is 15.4 Å². The molecule has 0 unspecified atom stereocenters. The number of aliphatic hydroxyl groups is 1. The van der Waals surface area contributed by atoms with E-state index in [1.807, 2.05) is 32.3 Å². The van der Waals surface area contributed by atoms with Crippen molar-refractivity contribution in [2.24, 2.45) is 13.0 Å². The lowest BCUT2D eigenvalue weighted by Gasteiger charge is -2.37. The number of halogens is 1. The maximum Gasteiger partial charge on any atom is 0.268 e. The Hall–Kier alpha value is -2.31. The fourth-order valence-electron chi connectivity index (χ4n) is 3.72. The Labute approximate surface area is 156 Å². The quantitative estimate of drug-likeness (QED) is 0.658. The number of benzene rings is 1. The molecular weight excluding hydrogens is 352 g/mol. The molecule has 2 aromatic heterocycles. The summed E-state index contributed by atoms with van der Waals surface area (Å²) in [4.78, 5) is 16.2. The van der Waals surface area contributed by atoms with Crippen LogP contribution in [0.2, 0.25) is 5.02 Å². The Balaban J connectivity index is 1.63. The first-order chi connectivity index (χ1) is 12.4. The lowest BCUT2D eigenvalue weighted by molar-refractivity contribution is 0.0234. The average molecular weight is 373 g/mol. The van der Waals surface area contributed by atoms with E-state index in [0.29, 0.717) is 23.6 Å². The molecule has 1 amide bonds. The SMILES string of the molecule is Cc1c(C(=O)N[C@@H](c2cnn(C)c2)C2CC(O)C2)[nH]c2ccc(Cl)cc12. The van der Waals surface area contributed by atoms with E-state index >= 15 is 0 Å². The van der Waals surface area contributed by atoms with Gasteiger partial charge in [0.2, 0.25) is 0 Å². The average Bonchev–Trinajstić information content (AvgIpc) is 3.14. The first-order valence-corrected chi connectivity index (χ1v) is 9.05. The third-order valence-corrected chi connectivity index (χ3v) is 5.47. The summed E-state index contributed by atoms with van der Waals surface area (Å²) in [6, 6.07) is 5.37. The third kappa shape index (κ3) is 2.99. The molecule has 0 aliphatic heterocycles. The van der Waals surface area contributed by atoms with Gasteiger partial charge in [0, 0.05) is 34.7 Å². The number of nitrogens with zero attached hydrogens (tertiary/aromatic N) is 2. The first kappa shape index (κ1) is 17.1. The van der Waals surface area contributed by atoms with Crippen molar-refractivity contribution in [1.82, 2.24) is 20.1 Å². The highest BCUT2D eigenvalue weighted by molar-refractivity contribution is 6.31. The predicted octanol–water partition coefficient (Wildman–Crippen LogP) is 3.11. The highest BCUT2D eigenvalue weighted by Crippen LogP contribution is 2.38. The molecule has 0 bridgehead atoms. The van der Waals surface area contributed by atoms with Crippen LogP contribution in [0.1, 0.15) is 40.5 Å². The van der Waals surface area contributed by atoms with Gasteiger partial charge >= 0.3 is 0 Å². The van der Waals surface area contributed by atoms with Crippen molar-refractivity contribution in [3.63, 3.8) is 0 Å². The summed E-state index contributed by atoms with van der Waals surface area (Å²) in [5, 5.41) is 18.6. The second-order valence-electron chi connectivity index (χ2n) is 7.10. The third-order valence-electron chi connectivity index (χ3n) is 5.24. The number of H-pyrrole nitrogens is 1. The Bertz CT molecular complexity index is 971. The van der Waals surface area contributed by atoms with E-state index < -0.39 is 0 Å². The van der Waals surface area contributed by atoms with Crippen LogP contribution in [-0.4, -0.2) is 31.9 Å². The molecule has 0 saturated heterocycles. The minimum atomic E-state index is -0.284. The van der Waals surface area contributed by atoms with Crippen LogP contribution in [0, 0.1) is 12.8 Å². The zero-order chi connectivity index (χ0) is 18.4. The van der Waals surface area contributed by atoms with Crippen molar-refractivity contribution in [2.75, 3.05) is 0 Å². The summed E-state index contributed by atoms with van der Waals surface area (Å²) in [6.07, 6.45) is 4.76. The number of aromatic nitrogens is 3. The van der Waals surface area contributed by atoms with Gasteiger partial charge in [0.15, 0.2) is 0 Å². The number of carbonyl (C=O) groups excluding carboxylic acids is 1. The van der Waals surface area contributed by atoms with Gasteiger partial charge in [-0.25, -0.2) is 0 Å². The van der Waals surface area contributed by atoms with Crippen LogP contribution in [0.4, 0.5) is 0 Å². The number of rotatable bonds is 4. The van der Waals surface area contributed by atoms with Crippen LogP contribution in [0.5, 0.6) is 0 Å². The molecule has 1 saturated carbocycles. The van der Waals surface area contributed by atoms with E-state index in [1.54, 1.807) is 16.9 Å². The number of amides is 1. The highest BCUT2D eigenvalue weighted by atomic mass is 35.5. The van der Waals surface area contributed by atoms with Gasteiger partial charge in [-0.3, -0.25) is 9.48 Å². The normalized spacial score (nSPS) is 20.8. The Morgan fingerprint density at radius 2 is 2.23 bits per heavy atom. The van der Waals surface area contributed by atoms with Crippen LogP contribution in [0.25, 0.3) is 10.9 Å². The monoisotopic (exact) mass is 372 g/mol. The molecule has 1 fully saturated rings. The molecule has 136 valence electrons. The van der Waals surface area contributed by atoms with E-state index in [-0.39, 0.29) is 24.0 Å². The van der Waals surface area contributed by atoms with Gasteiger partial charge in [-0.2, -0.15) is 5.10 Å². The van der Waals surface area contributed by atoms with E-state index in [0.717, 1.165) is 22.0 Å². The lowest BCUT2D eigenvalue weighted by atomic mass is 9.75. The van der Waals surface area contributed by atoms with Crippen LogP contribution < -0.4 is 5.32 Å². The molecule has 1 aliphatic carbocycles. The number of aryl methyl sites for hydroxylation is 2. The first-order valence-electron chi connectivity index (χ1n) is 8.67. The number of fused-ring (bicyclic) bond motifs is 1. The number of hydrogen-bond acceptors (Lipinski definition) is 3. The van der Waals surface area contributed by atoms with Crippen molar-refractivity contribution in [2.45, 2.75) is 31.9 Å². The Kier molecular flexibility index (Phi) is 4.25. The maximum atomic E-state index is 13.0. The van der Waals surface area contributed by atoms with E-state index in [9.17, 15) is 9.90 Å². The predicted molar refractivity (Wildman–Crippen MR) is 100 cm³/mol. The molecule has 2 heterocycles. The fourth-order valence-corrected chi connectivity index (χ4v) is 3.89. The van der Waals surface area contributed by atoms with Crippen molar-refractivity contribution in [3.8, 4) is 0 Å². The standard InChI is InChI=1S/C19H21ClN4O2/c1-10-15-7-13(20)3-4-16(15)22-17(10)19(26)23-18(11-5-14(25)6-11)12-8-21-24(2)9-12/h3-4,7-9,11,14,18,22,25H,5-6H2,1-2H3,(H,23,26)/t11?,14?,18-/m1/s1. The highest BCUT2D eigenvalue weighted by Gasteiger charge is 2.36. The summed E-state index contributed by atoms with van der Waals surface area (Å²) in [7, 11) is 1.85. The number of carbonyl (C=O) groups is 1.